The Bertz CT molecular complexity index is 352. The van der Waals surface area contributed by atoms with Gasteiger partial charge in [0.05, 0.1) is 6.10 Å². The summed E-state index contributed by atoms with van der Waals surface area (Å²) in [5.41, 5.74) is 3.54. The molecule has 2 N–H and O–H groups in total. The van der Waals surface area contributed by atoms with Crippen LogP contribution in [0.15, 0.2) is 12.1 Å². The number of aryl methyl sites for hydroxylation is 2. The zero-order valence-corrected chi connectivity index (χ0v) is 11.9. The maximum absolute atomic E-state index is 9.26. The Morgan fingerprint density at radius 1 is 1.28 bits per heavy atom. The van der Waals surface area contributed by atoms with E-state index in [4.69, 9.17) is 4.74 Å². The van der Waals surface area contributed by atoms with Gasteiger partial charge in [-0.2, -0.15) is 0 Å². The molecule has 3 nitrogen and oxygen atoms in total. The van der Waals surface area contributed by atoms with Crippen LogP contribution in [0.3, 0.4) is 0 Å². The number of benzene rings is 1. The number of aliphatic hydroxyl groups excluding tert-OH is 1. The van der Waals surface area contributed by atoms with Gasteiger partial charge in [-0.3, -0.25) is 0 Å². The summed E-state index contributed by atoms with van der Waals surface area (Å²) in [5.74, 6) is 0.898. The van der Waals surface area contributed by atoms with E-state index in [-0.39, 0.29) is 0 Å². The number of hydrogen-bond acceptors (Lipinski definition) is 3. The van der Waals surface area contributed by atoms with Crippen LogP contribution in [0, 0.1) is 13.8 Å². The molecule has 0 fully saturated rings. The molecule has 0 amide bonds. The molecule has 0 aliphatic rings. The van der Waals surface area contributed by atoms with Gasteiger partial charge in [0.25, 0.3) is 0 Å². The first kappa shape index (κ1) is 15.0. The summed E-state index contributed by atoms with van der Waals surface area (Å²) in [4.78, 5) is 0. The summed E-state index contributed by atoms with van der Waals surface area (Å²) >= 11 is 0. The van der Waals surface area contributed by atoms with E-state index in [9.17, 15) is 5.11 Å². The summed E-state index contributed by atoms with van der Waals surface area (Å²) in [7, 11) is 0. The first-order chi connectivity index (χ1) is 8.54. The quantitative estimate of drug-likeness (QED) is 0.732. The maximum Gasteiger partial charge on any atom is 0.125 e. The van der Waals surface area contributed by atoms with Gasteiger partial charge < -0.3 is 15.2 Å². The largest absolute Gasteiger partial charge is 0.490 e. The highest BCUT2D eigenvalue weighted by Crippen LogP contribution is 2.25. The minimum Gasteiger partial charge on any atom is -0.490 e. The van der Waals surface area contributed by atoms with Crippen LogP contribution in [0.25, 0.3) is 0 Å². The Morgan fingerprint density at radius 3 is 2.39 bits per heavy atom. The smallest absolute Gasteiger partial charge is 0.125 e. The average molecular weight is 251 g/mol. The van der Waals surface area contributed by atoms with Crippen LogP contribution in [0.1, 0.15) is 37.0 Å². The van der Waals surface area contributed by atoms with Gasteiger partial charge in [0.2, 0.25) is 0 Å². The van der Waals surface area contributed by atoms with Crippen molar-refractivity contribution >= 4 is 0 Å². The summed E-state index contributed by atoms with van der Waals surface area (Å²) in [6.07, 6.45) is 0.711. The Labute approximate surface area is 110 Å². The van der Waals surface area contributed by atoms with Crippen molar-refractivity contribution in [3.8, 4) is 5.75 Å². The van der Waals surface area contributed by atoms with Gasteiger partial charge in [0.1, 0.15) is 12.4 Å². The average Bonchev–Trinajstić information content (AvgIpc) is 2.28. The van der Waals surface area contributed by atoms with Crippen molar-refractivity contribution in [3.63, 3.8) is 0 Å². The summed E-state index contributed by atoms with van der Waals surface area (Å²) in [6, 6.07) is 4.29. The van der Waals surface area contributed by atoms with Crippen LogP contribution in [0.5, 0.6) is 5.75 Å². The molecule has 0 bridgehead atoms. The molecule has 1 aromatic carbocycles. The number of hydrogen-bond donors (Lipinski definition) is 2. The molecule has 1 aromatic rings. The fraction of sp³-hybridized carbons (Fsp3) is 0.600. The Hall–Kier alpha value is -1.06. The number of ether oxygens (including phenoxy) is 1. The van der Waals surface area contributed by atoms with Gasteiger partial charge in [-0.05, 0) is 50.4 Å². The number of nitrogens with one attached hydrogen (secondary N) is 1. The van der Waals surface area contributed by atoms with Gasteiger partial charge in [0.15, 0.2) is 0 Å². The van der Waals surface area contributed by atoms with Gasteiger partial charge >= 0.3 is 0 Å². The molecule has 3 heteroatoms. The standard InChI is InChI=1S/C15H25NO2/c1-5-6-16-9-14-7-11(2)15(12(3)8-14)18-10-13(4)17/h7-8,13,16-17H,5-6,9-10H2,1-4H3. The molecule has 1 atom stereocenters. The highest BCUT2D eigenvalue weighted by molar-refractivity contribution is 5.43. The molecule has 0 aromatic heterocycles. The summed E-state index contributed by atoms with van der Waals surface area (Å²) < 4.78 is 5.64. The van der Waals surface area contributed by atoms with Crippen LogP contribution in [-0.4, -0.2) is 24.4 Å². The van der Waals surface area contributed by atoms with Crippen molar-refractivity contribution in [1.82, 2.24) is 5.32 Å². The van der Waals surface area contributed by atoms with E-state index >= 15 is 0 Å². The normalized spacial score (nSPS) is 12.5. The van der Waals surface area contributed by atoms with E-state index in [0.29, 0.717) is 6.61 Å². The summed E-state index contributed by atoms with van der Waals surface area (Å²) in [5, 5.41) is 12.7. The Balaban J connectivity index is 2.71. The second-order valence-electron chi connectivity index (χ2n) is 4.90. The van der Waals surface area contributed by atoms with E-state index in [1.54, 1.807) is 6.92 Å². The number of aliphatic hydroxyl groups is 1. The lowest BCUT2D eigenvalue weighted by Crippen LogP contribution is -2.15. The van der Waals surface area contributed by atoms with E-state index in [1.807, 2.05) is 13.8 Å². The van der Waals surface area contributed by atoms with Crippen molar-refractivity contribution < 1.29 is 9.84 Å². The lowest BCUT2D eigenvalue weighted by molar-refractivity contribution is 0.122. The molecule has 102 valence electrons. The molecule has 0 saturated carbocycles. The highest BCUT2D eigenvalue weighted by atomic mass is 16.5. The second-order valence-corrected chi connectivity index (χ2v) is 4.90. The lowest BCUT2D eigenvalue weighted by Gasteiger charge is -2.15. The Kier molecular flexibility index (Phi) is 6.16. The third-order valence-corrected chi connectivity index (χ3v) is 2.74. The number of rotatable bonds is 7. The molecule has 1 rings (SSSR count). The van der Waals surface area contributed by atoms with Crippen molar-refractivity contribution in [2.45, 2.75) is 46.8 Å². The third-order valence-electron chi connectivity index (χ3n) is 2.74. The molecule has 0 spiro atoms. The Morgan fingerprint density at radius 2 is 1.89 bits per heavy atom. The minimum absolute atomic E-state index is 0.342. The van der Waals surface area contributed by atoms with Crippen molar-refractivity contribution in [2.24, 2.45) is 0 Å². The fourth-order valence-electron chi connectivity index (χ4n) is 1.98. The topological polar surface area (TPSA) is 41.5 Å². The second kappa shape index (κ2) is 7.39. The molecule has 0 radical (unpaired) electrons. The molecule has 0 heterocycles. The van der Waals surface area contributed by atoms with E-state index in [2.05, 4.69) is 24.4 Å². The van der Waals surface area contributed by atoms with Crippen LogP contribution in [0.4, 0.5) is 0 Å². The predicted octanol–water partition coefficient (Wildman–Crippen LogP) is 2.56. The molecule has 0 aliphatic heterocycles. The van der Waals surface area contributed by atoms with Crippen LogP contribution < -0.4 is 10.1 Å². The van der Waals surface area contributed by atoms with E-state index in [0.717, 1.165) is 36.4 Å². The van der Waals surface area contributed by atoms with Gasteiger partial charge in [-0.1, -0.05) is 19.1 Å². The van der Waals surface area contributed by atoms with Crippen molar-refractivity contribution in [1.29, 1.82) is 0 Å². The molecule has 18 heavy (non-hydrogen) atoms. The molecule has 0 saturated heterocycles. The van der Waals surface area contributed by atoms with Gasteiger partial charge in [0, 0.05) is 6.54 Å². The first-order valence-corrected chi connectivity index (χ1v) is 6.66. The molecular weight excluding hydrogens is 226 g/mol. The van der Waals surface area contributed by atoms with E-state index < -0.39 is 6.10 Å². The maximum atomic E-state index is 9.26. The van der Waals surface area contributed by atoms with Crippen molar-refractivity contribution in [2.75, 3.05) is 13.2 Å². The zero-order chi connectivity index (χ0) is 13.5. The molecule has 0 aliphatic carbocycles. The lowest BCUT2D eigenvalue weighted by atomic mass is 10.1. The monoisotopic (exact) mass is 251 g/mol. The van der Waals surface area contributed by atoms with Crippen LogP contribution in [-0.2, 0) is 6.54 Å². The summed E-state index contributed by atoms with van der Waals surface area (Å²) in [6.45, 7) is 10.3. The van der Waals surface area contributed by atoms with E-state index in [1.165, 1.54) is 5.56 Å². The van der Waals surface area contributed by atoms with Crippen LogP contribution >= 0.6 is 0 Å². The molecular formula is C15H25NO2. The fourth-order valence-corrected chi connectivity index (χ4v) is 1.98. The first-order valence-electron chi connectivity index (χ1n) is 6.66. The highest BCUT2D eigenvalue weighted by Gasteiger charge is 2.07. The van der Waals surface area contributed by atoms with Crippen LogP contribution in [0.2, 0.25) is 0 Å². The third kappa shape index (κ3) is 4.67. The minimum atomic E-state index is -0.435. The predicted molar refractivity (Wildman–Crippen MR) is 75.1 cm³/mol. The van der Waals surface area contributed by atoms with Crippen molar-refractivity contribution in [3.05, 3.63) is 28.8 Å². The zero-order valence-electron chi connectivity index (χ0n) is 11.9. The molecule has 1 unspecified atom stereocenters. The van der Waals surface area contributed by atoms with Gasteiger partial charge in [-0.15, -0.1) is 0 Å². The van der Waals surface area contributed by atoms with Gasteiger partial charge in [-0.25, -0.2) is 0 Å². The SMILES string of the molecule is CCCNCc1cc(C)c(OCC(C)O)c(C)c1.